The zero-order chi connectivity index (χ0) is 12.8. The summed E-state index contributed by atoms with van der Waals surface area (Å²) in [6, 6.07) is 0. The third kappa shape index (κ3) is 4.91. The third-order valence-electron chi connectivity index (χ3n) is 2.55. The van der Waals surface area contributed by atoms with Crippen LogP contribution in [0.15, 0.2) is 0 Å². The summed E-state index contributed by atoms with van der Waals surface area (Å²) in [6.45, 7) is 5.47. The van der Waals surface area contributed by atoms with Gasteiger partial charge in [0.05, 0.1) is 12.2 Å². The van der Waals surface area contributed by atoms with Gasteiger partial charge in [-0.25, -0.2) is 0 Å². The number of halogens is 1. The van der Waals surface area contributed by atoms with Crippen LogP contribution in [0.1, 0.15) is 20.3 Å². The highest BCUT2D eigenvalue weighted by Gasteiger charge is 2.25. The van der Waals surface area contributed by atoms with E-state index in [-0.39, 0.29) is 29.9 Å². The fourth-order valence-electron chi connectivity index (χ4n) is 1.90. The molecule has 1 heterocycles. The van der Waals surface area contributed by atoms with Gasteiger partial charge in [-0.2, -0.15) is 0 Å². The van der Waals surface area contributed by atoms with Gasteiger partial charge in [-0.05, 0) is 13.8 Å². The van der Waals surface area contributed by atoms with Crippen molar-refractivity contribution in [3.8, 4) is 0 Å². The molecule has 17 heavy (non-hydrogen) atoms. The lowest BCUT2D eigenvalue weighted by Gasteiger charge is -2.35. The lowest BCUT2D eigenvalue weighted by molar-refractivity contribution is -0.143. The Morgan fingerprint density at radius 1 is 1.35 bits per heavy atom. The van der Waals surface area contributed by atoms with Crippen LogP contribution in [0, 0.1) is 0 Å². The zero-order valence-corrected chi connectivity index (χ0v) is 11.0. The minimum atomic E-state index is -0.247. The first-order valence-electron chi connectivity index (χ1n) is 5.78. The second-order valence-corrected chi connectivity index (χ2v) is 4.56. The summed E-state index contributed by atoms with van der Waals surface area (Å²) in [5, 5.41) is 2.58. The molecule has 2 amide bonds. The maximum atomic E-state index is 11.8. The van der Waals surface area contributed by atoms with E-state index in [1.165, 1.54) is 0 Å². The standard InChI is InChI=1S/C11H19ClN2O3/c1-8-6-14(7-9(2)17-8)11(16)3-4-13-10(15)5-12/h8-9H,3-7H2,1-2H3,(H,13,15)/t8-,9+. The van der Waals surface area contributed by atoms with Crippen molar-refractivity contribution in [1.82, 2.24) is 10.2 Å². The van der Waals surface area contributed by atoms with E-state index in [2.05, 4.69) is 5.32 Å². The monoisotopic (exact) mass is 262 g/mol. The van der Waals surface area contributed by atoms with Crippen LogP contribution in [0.2, 0.25) is 0 Å². The van der Waals surface area contributed by atoms with E-state index in [1.807, 2.05) is 13.8 Å². The van der Waals surface area contributed by atoms with Gasteiger partial charge in [0.1, 0.15) is 5.88 Å². The first-order valence-corrected chi connectivity index (χ1v) is 6.32. The summed E-state index contributed by atoms with van der Waals surface area (Å²) in [7, 11) is 0. The molecular weight excluding hydrogens is 244 g/mol. The second-order valence-electron chi connectivity index (χ2n) is 4.29. The number of rotatable bonds is 4. The van der Waals surface area contributed by atoms with Gasteiger partial charge in [0, 0.05) is 26.1 Å². The fraction of sp³-hybridized carbons (Fsp3) is 0.818. The van der Waals surface area contributed by atoms with Crippen LogP contribution in [0.4, 0.5) is 0 Å². The van der Waals surface area contributed by atoms with Gasteiger partial charge in [-0.3, -0.25) is 9.59 Å². The highest BCUT2D eigenvalue weighted by Crippen LogP contribution is 2.11. The average molecular weight is 263 g/mol. The quantitative estimate of drug-likeness (QED) is 0.745. The Hall–Kier alpha value is -0.810. The molecule has 1 aliphatic rings. The Morgan fingerprint density at radius 2 is 1.94 bits per heavy atom. The average Bonchev–Trinajstić information content (AvgIpc) is 2.27. The molecule has 0 bridgehead atoms. The molecule has 0 aliphatic carbocycles. The molecule has 0 unspecified atom stereocenters. The Balaban J connectivity index is 2.29. The van der Waals surface area contributed by atoms with Crippen molar-refractivity contribution < 1.29 is 14.3 Å². The number of carbonyl (C=O) groups excluding carboxylic acids is 2. The molecule has 0 saturated carbocycles. The van der Waals surface area contributed by atoms with Crippen molar-refractivity contribution >= 4 is 23.4 Å². The number of nitrogens with one attached hydrogen (secondary N) is 1. The van der Waals surface area contributed by atoms with Crippen LogP contribution in [-0.2, 0) is 14.3 Å². The number of alkyl halides is 1. The van der Waals surface area contributed by atoms with Crippen molar-refractivity contribution in [3.63, 3.8) is 0 Å². The Labute approximate surface area is 106 Å². The molecule has 0 aromatic carbocycles. The molecule has 1 saturated heterocycles. The van der Waals surface area contributed by atoms with Crippen LogP contribution in [-0.4, -0.2) is 54.4 Å². The minimum Gasteiger partial charge on any atom is -0.372 e. The van der Waals surface area contributed by atoms with Crippen LogP contribution < -0.4 is 5.32 Å². The van der Waals surface area contributed by atoms with Gasteiger partial charge in [-0.1, -0.05) is 0 Å². The number of amides is 2. The predicted octanol–water partition coefficient (Wildman–Crippen LogP) is 0.367. The molecule has 1 fully saturated rings. The van der Waals surface area contributed by atoms with Gasteiger partial charge >= 0.3 is 0 Å². The first kappa shape index (κ1) is 14.3. The summed E-state index contributed by atoms with van der Waals surface area (Å²) in [5.41, 5.74) is 0. The number of hydrogen-bond donors (Lipinski definition) is 1. The summed E-state index contributed by atoms with van der Waals surface area (Å²) in [6.07, 6.45) is 0.447. The molecule has 98 valence electrons. The van der Waals surface area contributed by atoms with Gasteiger partial charge in [-0.15, -0.1) is 11.6 Å². The van der Waals surface area contributed by atoms with Gasteiger partial charge in [0.15, 0.2) is 0 Å². The summed E-state index contributed by atoms with van der Waals surface area (Å²) < 4.78 is 5.55. The molecule has 0 spiro atoms. The zero-order valence-electron chi connectivity index (χ0n) is 10.2. The third-order valence-corrected chi connectivity index (χ3v) is 2.80. The topological polar surface area (TPSA) is 58.6 Å². The van der Waals surface area contributed by atoms with E-state index in [9.17, 15) is 9.59 Å². The summed E-state index contributed by atoms with van der Waals surface area (Å²) in [4.78, 5) is 24.5. The van der Waals surface area contributed by atoms with E-state index >= 15 is 0 Å². The van der Waals surface area contributed by atoms with Crippen molar-refractivity contribution in [3.05, 3.63) is 0 Å². The van der Waals surface area contributed by atoms with Crippen molar-refractivity contribution in [2.45, 2.75) is 32.5 Å². The van der Waals surface area contributed by atoms with Crippen LogP contribution in [0.25, 0.3) is 0 Å². The van der Waals surface area contributed by atoms with Crippen molar-refractivity contribution in [2.24, 2.45) is 0 Å². The fourth-order valence-corrected chi connectivity index (χ4v) is 1.99. The minimum absolute atomic E-state index is 0.0434. The number of hydrogen-bond acceptors (Lipinski definition) is 3. The van der Waals surface area contributed by atoms with Crippen LogP contribution >= 0.6 is 11.6 Å². The molecule has 6 heteroatoms. The van der Waals surface area contributed by atoms with Crippen LogP contribution in [0.3, 0.4) is 0 Å². The molecule has 0 aromatic rings. The van der Waals surface area contributed by atoms with E-state index in [1.54, 1.807) is 4.90 Å². The lowest BCUT2D eigenvalue weighted by Crippen LogP contribution is -2.48. The Kier molecular flexibility index (Phi) is 5.71. The molecule has 1 aliphatic heterocycles. The molecule has 1 rings (SSSR count). The first-order chi connectivity index (χ1) is 8.02. The summed E-state index contributed by atoms with van der Waals surface area (Å²) in [5.74, 6) is -0.273. The lowest BCUT2D eigenvalue weighted by atomic mass is 10.2. The van der Waals surface area contributed by atoms with Gasteiger partial charge in [0.25, 0.3) is 0 Å². The molecule has 0 aromatic heterocycles. The SMILES string of the molecule is C[C@@H]1CN(C(=O)CCNC(=O)CCl)C[C@H](C)O1. The molecular formula is C11H19ClN2O3. The Morgan fingerprint density at radius 3 is 2.47 bits per heavy atom. The number of carbonyl (C=O) groups is 2. The highest BCUT2D eigenvalue weighted by molar-refractivity contribution is 6.27. The molecule has 5 nitrogen and oxygen atoms in total. The van der Waals surface area contributed by atoms with Gasteiger partial charge < -0.3 is 15.0 Å². The number of morpholine rings is 1. The molecule has 2 atom stereocenters. The van der Waals surface area contributed by atoms with E-state index < -0.39 is 0 Å². The highest BCUT2D eigenvalue weighted by atomic mass is 35.5. The van der Waals surface area contributed by atoms with E-state index in [4.69, 9.17) is 16.3 Å². The largest absolute Gasteiger partial charge is 0.372 e. The van der Waals surface area contributed by atoms with E-state index in [0.29, 0.717) is 26.1 Å². The maximum Gasteiger partial charge on any atom is 0.234 e. The number of ether oxygens (including phenoxy) is 1. The second kappa shape index (κ2) is 6.81. The van der Waals surface area contributed by atoms with Crippen molar-refractivity contribution in [2.75, 3.05) is 25.5 Å². The molecule has 1 N–H and O–H groups in total. The van der Waals surface area contributed by atoms with Crippen LogP contribution in [0.5, 0.6) is 0 Å². The predicted molar refractivity (Wildman–Crippen MR) is 64.9 cm³/mol. The maximum absolute atomic E-state index is 11.8. The molecule has 0 radical (unpaired) electrons. The summed E-state index contributed by atoms with van der Waals surface area (Å²) >= 11 is 5.33. The Bertz CT molecular complexity index is 276. The van der Waals surface area contributed by atoms with Gasteiger partial charge in [0.2, 0.25) is 11.8 Å². The number of nitrogens with zero attached hydrogens (tertiary/aromatic N) is 1. The normalized spacial score (nSPS) is 24.5. The smallest absolute Gasteiger partial charge is 0.234 e. The van der Waals surface area contributed by atoms with E-state index in [0.717, 1.165) is 0 Å². The van der Waals surface area contributed by atoms with Crippen molar-refractivity contribution in [1.29, 1.82) is 0 Å².